The molecule has 3 aromatic rings. The Morgan fingerprint density at radius 2 is 1.86 bits per heavy atom. The fourth-order valence-corrected chi connectivity index (χ4v) is 4.60. The molecule has 1 aromatic heterocycles. The lowest BCUT2D eigenvalue weighted by atomic mass is 9.98. The van der Waals surface area contributed by atoms with Crippen molar-refractivity contribution in [2.75, 3.05) is 24.5 Å². The van der Waals surface area contributed by atoms with E-state index in [-0.39, 0.29) is 12.7 Å². The third-order valence-corrected chi connectivity index (χ3v) is 6.20. The molecule has 196 valence electrons. The van der Waals surface area contributed by atoms with Gasteiger partial charge in [-0.15, -0.1) is 0 Å². The Kier molecular flexibility index (Phi) is 7.99. The number of anilines is 1. The van der Waals surface area contributed by atoms with Gasteiger partial charge in [0.25, 0.3) is 0 Å². The first-order valence-electron chi connectivity index (χ1n) is 12.0. The van der Waals surface area contributed by atoms with E-state index in [4.69, 9.17) is 37.2 Å². The first-order chi connectivity index (χ1) is 17.5. The summed E-state index contributed by atoms with van der Waals surface area (Å²) in [5.74, 6) is 0.375. The molecular formula is C27H29Cl2N3O5. The van der Waals surface area contributed by atoms with Crippen molar-refractivity contribution in [2.45, 2.75) is 46.3 Å². The third kappa shape index (κ3) is 6.56. The number of ether oxygens (including phenoxy) is 2. The van der Waals surface area contributed by atoms with E-state index in [1.165, 1.54) is 4.90 Å². The van der Waals surface area contributed by atoms with Crippen LogP contribution in [0.2, 0.25) is 10.0 Å². The van der Waals surface area contributed by atoms with Crippen LogP contribution in [0, 0.1) is 0 Å². The molecule has 1 aliphatic heterocycles. The predicted molar refractivity (Wildman–Crippen MR) is 144 cm³/mol. The van der Waals surface area contributed by atoms with Crippen molar-refractivity contribution < 1.29 is 23.6 Å². The van der Waals surface area contributed by atoms with Crippen LogP contribution in [0.25, 0.3) is 16.5 Å². The Labute approximate surface area is 225 Å². The molecule has 0 bridgehead atoms. The van der Waals surface area contributed by atoms with Crippen molar-refractivity contribution in [1.29, 1.82) is 0 Å². The molecule has 0 atom stereocenters. The fraction of sp³-hybridized carbons (Fsp3) is 0.370. The Bertz CT molecular complexity index is 1330. The first-order valence-corrected chi connectivity index (χ1v) is 12.8. The molecule has 0 saturated heterocycles. The first kappa shape index (κ1) is 26.8. The molecule has 1 aliphatic rings. The van der Waals surface area contributed by atoms with E-state index in [1.807, 2.05) is 52.0 Å². The lowest BCUT2D eigenvalue weighted by Crippen LogP contribution is -2.39. The normalized spacial score (nSPS) is 13.9. The van der Waals surface area contributed by atoms with E-state index < -0.39 is 11.7 Å². The van der Waals surface area contributed by atoms with Crippen molar-refractivity contribution in [3.05, 3.63) is 63.6 Å². The number of fused-ring (bicyclic) bond motifs is 1. The van der Waals surface area contributed by atoms with Crippen LogP contribution in [0.5, 0.6) is 0 Å². The fourth-order valence-electron chi connectivity index (χ4n) is 4.03. The average molecular weight is 546 g/mol. The van der Waals surface area contributed by atoms with Crippen molar-refractivity contribution in [3.63, 3.8) is 0 Å². The zero-order valence-corrected chi connectivity index (χ0v) is 22.7. The Hall–Kier alpha value is -3.23. The standard InChI is InChI=1S/C27H29Cl2N3O5/c1-5-32(26(34)35-16-17-12-20(28)15-21(29)13-17)24-22-14-19(6-7-23(22)37-30-24)18-8-10-31(11-9-18)25(33)36-27(2,3)4/h6-8,12-15H,5,9-11,16H2,1-4H3. The molecule has 2 heterocycles. The molecule has 0 aliphatic carbocycles. The molecule has 10 heteroatoms. The van der Waals surface area contributed by atoms with Gasteiger partial charge in [-0.05, 0) is 81.1 Å². The van der Waals surface area contributed by atoms with Crippen molar-refractivity contribution >= 4 is 57.7 Å². The highest BCUT2D eigenvalue weighted by molar-refractivity contribution is 6.34. The number of hydrogen-bond acceptors (Lipinski definition) is 6. The molecule has 37 heavy (non-hydrogen) atoms. The van der Waals surface area contributed by atoms with E-state index in [0.29, 0.717) is 58.5 Å². The van der Waals surface area contributed by atoms with Crippen LogP contribution in [-0.4, -0.2) is 47.5 Å². The van der Waals surface area contributed by atoms with Gasteiger partial charge in [-0.25, -0.2) is 9.59 Å². The summed E-state index contributed by atoms with van der Waals surface area (Å²) in [6.07, 6.45) is 1.80. The highest BCUT2D eigenvalue weighted by Gasteiger charge is 2.25. The molecule has 0 fully saturated rings. The summed E-state index contributed by atoms with van der Waals surface area (Å²) in [4.78, 5) is 28.4. The molecule has 2 aromatic carbocycles. The maximum atomic E-state index is 12.9. The summed E-state index contributed by atoms with van der Waals surface area (Å²) >= 11 is 12.1. The summed E-state index contributed by atoms with van der Waals surface area (Å²) < 4.78 is 16.5. The zero-order valence-electron chi connectivity index (χ0n) is 21.2. The number of benzene rings is 2. The van der Waals surface area contributed by atoms with Crippen LogP contribution in [0.1, 0.15) is 45.2 Å². The van der Waals surface area contributed by atoms with E-state index in [0.717, 1.165) is 11.1 Å². The number of halogens is 2. The van der Waals surface area contributed by atoms with Crippen molar-refractivity contribution in [2.24, 2.45) is 0 Å². The minimum Gasteiger partial charge on any atom is -0.444 e. The topological polar surface area (TPSA) is 85.1 Å². The number of amides is 2. The number of carbonyl (C=O) groups excluding carboxylic acids is 2. The summed E-state index contributed by atoms with van der Waals surface area (Å²) in [6.45, 7) is 8.73. The SMILES string of the molecule is CCN(C(=O)OCc1cc(Cl)cc(Cl)c1)c1noc2ccc(C3=CCN(C(=O)OC(C)(C)C)CC3)cc12. The maximum absolute atomic E-state index is 12.9. The number of carbonyl (C=O) groups is 2. The van der Waals surface area contributed by atoms with E-state index >= 15 is 0 Å². The Balaban J connectivity index is 1.50. The molecule has 0 N–H and O–H groups in total. The van der Waals surface area contributed by atoms with Gasteiger partial charge in [0, 0.05) is 29.7 Å². The van der Waals surface area contributed by atoms with Crippen LogP contribution < -0.4 is 4.90 Å². The predicted octanol–water partition coefficient (Wildman–Crippen LogP) is 7.32. The summed E-state index contributed by atoms with van der Waals surface area (Å²) in [7, 11) is 0. The smallest absolute Gasteiger partial charge is 0.415 e. The van der Waals surface area contributed by atoms with E-state index in [1.54, 1.807) is 23.1 Å². The number of nitrogens with zero attached hydrogens (tertiary/aromatic N) is 3. The quantitative estimate of drug-likeness (QED) is 0.333. The molecule has 2 amide bonds. The summed E-state index contributed by atoms with van der Waals surface area (Å²) in [5.41, 5.74) is 2.76. The highest BCUT2D eigenvalue weighted by Crippen LogP contribution is 2.32. The van der Waals surface area contributed by atoms with Gasteiger partial charge in [0.05, 0.1) is 5.39 Å². The maximum Gasteiger partial charge on any atom is 0.415 e. The molecule has 8 nitrogen and oxygen atoms in total. The Morgan fingerprint density at radius 1 is 1.14 bits per heavy atom. The second-order valence-corrected chi connectivity index (χ2v) is 10.6. The average Bonchev–Trinajstić information content (AvgIpc) is 3.25. The molecule has 0 spiro atoms. The minimum atomic E-state index is -0.566. The van der Waals surface area contributed by atoms with Gasteiger partial charge in [-0.2, -0.15) is 0 Å². The molecule has 0 unspecified atom stereocenters. The zero-order chi connectivity index (χ0) is 26.7. The van der Waals surface area contributed by atoms with Crippen LogP contribution in [0.3, 0.4) is 0 Å². The van der Waals surface area contributed by atoms with E-state index in [9.17, 15) is 9.59 Å². The number of rotatable bonds is 5. The summed E-state index contributed by atoms with van der Waals surface area (Å²) in [6, 6.07) is 10.7. The lowest BCUT2D eigenvalue weighted by molar-refractivity contribution is 0.0270. The highest BCUT2D eigenvalue weighted by atomic mass is 35.5. The second kappa shape index (κ2) is 11.0. The van der Waals surface area contributed by atoms with Gasteiger partial charge in [-0.3, -0.25) is 4.90 Å². The molecule has 0 saturated carbocycles. The monoisotopic (exact) mass is 545 g/mol. The van der Waals surface area contributed by atoms with Crippen LogP contribution >= 0.6 is 23.2 Å². The minimum absolute atomic E-state index is 0.0116. The van der Waals surface area contributed by atoms with Gasteiger partial charge in [0.2, 0.25) is 0 Å². The second-order valence-electron chi connectivity index (χ2n) is 9.70. The van der Waals surface area contributed by atoms with Crippen LogP contribution in [0.15, 0.2) is 47.0 Å². The Morgan fingerprint density at radius 3 is 2.49 bits per heavy atom. The van der Waals surface area contributed by atoms with Crippen LogP contribution in [0.4, 0.5) is 15.4 Å². The van der Waals surface area contributed by atoms with Crippen molar-refractivity contribution in [1.82, 2.24) is 10.1 Å². The van der Waals surface area contributed by atoms with Crippen LogP contribution in [-0.2, 0) is 16.1 Å². The van der Waals surface area contributed by atoms with Gasteiger partial charge >= 0.3 is 12.2 Å². The number of hydrogen-bond donors (Lipinski definition) is 0. The van der Waals surface area contributed by atoms with Gasteiger partial charge in [-0.1, -0.05) is 40.5 Å². The lowest BCUT2D eigenvalue weighted by Gasteiger charge is -2.29. The third-order valence-electron chi connectivity index (χ3n) is 5.76. The largest absolute Gasteiger partial charge is 0.444 e. The molecule has 4 rings (SSSR count). The number of aromatic nitrogens is 1. The van der Waals surface area contributed by atoms with Gasteiger partial charge < -0.3 is 18.9 Å². The van der Waals surface area contributed by atoms with Crippen molar-refractivity contribution in [3.8, 4) is 0 Å². The van der Waals surface area contributed by atoms with E-state index in [2.05, 4.69) is 5.16 Å². The van der Waals surface area contributed by atoms with Gasteiger partial charge in [0.1, 0.15) is 12.2 Å². The summed E-state index contributed by atoms with van der Waals surface area (Å²) in [5, 5.41) is 5.77. The molecular weight excluding hydrogens is 517 g/mol. The molecule has 0 radical (unpaired) electrons. The van der Waals surface area contributed by atoms with Gasteiger partial charge in [0.15, 0.2) is 11.4 Å².